The minimum Gasteiger partial charge on any atom is -0.333 e. The zero-order valence-corrected chi connectivity index (χ0v) is 15.3. The van der Waals surface area contributed by atoms with Gasteiger partial charge in [-0.15, -0.1) is 0 Å². The highest BCUT2D eigenvalue weighted by Crippen LogP contribution is 2.12. The van der Waals surface area contributed by atoms with Crippen molar-refractivity contribution in [3.63, 3.8) is 0 Å². The molecule has 25 heavy (non-hydrogen) atoms. The molecular formula is C20H28N4O. The smallest absolute Gasteiger partial charge is 0.176 e. The third-order valence-electron chi connectivity index (χ3n) is 4.85. The van der Waals surface area contributed by atoms with Gasteiger partial charge in [0.1, 0.15) is 5.82 Å². The summed E-state index contributed by atoms with van der Waals surface area (Å²) < 4.78 is 2.26. The molecule has 2 aromatic rings. The molecule has 0 saturated carbocycles. The molecule has 1 aromatic heterocycles. The summed E-state index contributed by atoms with van der Waals surface area (Å²) in [6.07, 6.45) is 3.96. The number of hydrogen-bond acceptors (Lipinski definition) is 4. The van der Waals surface area contributed by atoms with Crippen molar-refractivity contribution in [3.05, 3.63) is 54.1 Å². The van der Waals surface area contributed by atoms with Gasteiger partial charge in [0, 0.05) is 63.1 Å². The standard InChI is InChI=1S/C20H28N4O/c1-17(2)20-21-8-9-24(20)15-14-22-10-12-23(13-11-22)16-19(25)18-6-4-3-5-7-18/h3-9,17H,10-16H2,1-2H3. The van der Waals surface area contributed by atoms with E-state index in [0.717, 1.165) is 50.7 Å². The Morgan fingerprint density at radius 1 is 1.04 bits per heavy atom. The zero-order valence-electron chi connectivity index (χ0n) is 15.3. The van der Waals surface area contributed by atoms with Gasteiger partial charge < -0.3 is 4.57 Å². The number of hydrogen-bond donors (Lipinski definition) is 0. The largest absolute Gasteiger partial charge is 0.333 e. The minimum absolute atomic E-state index is 0.217. The van der Waals surface area contributed by atoms with E-state index in [4.69, 9.17) is 0 Å². The van der Waals surface area contributed by atoms with Crippen LogP contribution in [0.25, 0.3) is 0 Å². The van der Waals surface area contributed by atoms with E-state index in [1.54, 1.807) is 0 Å². The summed E-state index contributed by atoms with van der Waals surface area (Å²) >= 11 is 0. The fourth-order valence-corrected chi connectivity index (χ4v) is 3.35. The van der Waals surface area contributed by atoms with Crippen LogP contribution in [0, 0.1) is 0 Å². The highest BCUT2D eigenvalue weighted by Gasteiger charge is 2.19. The molecule has 0 atom stereocenters. The quantitative estimate of drug-likeness (QED) is 0.726. The molecule has 0 aliphatic carbocycles. The van der Waals surface area contributed by atoms with E-state index in [1.807, 2.05) is 36.5 Å². The number of Topliss-reactive ketones (excluding diaryl/α,β-unsaturated/α-hetero) is 1. The molecule has 1 saturated heterocycles. The lowest BCUT2D eigenvalue weighted by Gasteiger charge is -2.34. The van der Waals surface area contributed by atoms with Gasteiger partial charge >= 0.3 is 0 Å². The van der Waals surface area contributed by atoms with Gasteiger partial charge in [-0.25, -0.2) is 4.98 Å². The second-order valence-corrected chi connectivity index (χ2v) is 7.04. The fourth-order valence-electron chi connectivity index (χ4n) is 3.35. The highest BCUT2D eigenvalue weighted by molar-refractivity contribution is 5.97. The molecule has 0 unspecified atom stereocenters. The molecule has 3 rings (SSSR count). The molecule has 0 amide bonds. The van der Waals surface area contributed by atoms with Gasteiger partial charge in [0.25, 0.3) is 0 Å². The van der Waals surface area contributed by atoms with Crippen LogP contribution in [0.2, 0.25) is 0 Å². The van der Waals surface area contributed by atoms with Crippen molar-refractivity contribution in [2.45, 2.75) is 26.3 Å². The van der Waals surface area contributed by atoms with Crippen LogP contribution in [-0.2, 0) is 6.54 Å². The molecule has 0 radical (unpaired) electrons. The molecule has 1 fully saturated rings. The summed E-state index contributed by atoms with van der Waals surface area (Å²) in [4.78, 5) is 21.5. The number of carbonyl (C=O) groups is 1. The first-order chi connectivity index (χ1) is 12.1. The number of rotatable bonds is 7. The lowest BCUT2D eigenvalue weighted by atomic mass is 10.1. The molecule has 5 nitrogen and oxygen atoms in total. The molecule has 0 bridgehead atoms. The SMILES string of the molecule is CC(C)c1nccn1CCN1CCN(CC(=O)c2ccccc2)CC1. The predicted octanol–water partition coefficient (Wildman–Crippen LogP) is 2.51. The Hall–Kier alpha value is -1.98. The molecular weight excluding hydrogens is 312 g/mol. The first-order valence-corrected chi connectivity index (χ1v) is 9.17. The van der Waals surface area contributed by atoms with E-state index in [-0.39, 0.29) is 5.78 Å². The Balaban J connectivity index is 1.43. The Bertz CT molecular complexity index is 672. The summed E-state index contributed by atoms with van der Waals surface area (Å²) in [5.41, 5.74) is 0.811. The molecule has 1 aliphatic rings. The van der Waals surface area contributed by atoms with Gasteiger partial charge in [-0.2, -0.15) is 0 Å². The monoisotopic (exact) mass is 340 g/mol. The van der Waals surface area contributed by atoms with Crippen LogP contribution in [0.3, 0.4) is 0 Å². The summed E-state index contributed by atoms with van der Waals surface area (Å²) in [5.74, 6) is 1.83. The van der Waals surface area contributed by atoms with Crippen LogP contribution in [0.1, 0.15) is 35.9 Å². The maximum absolute atomic E-state index is 12.3. The summed E-state index contributed by atoms with van der Waals surface area (Å²) in [6.45, 7) is 10.9. The fraction of sp³-hybridized carbons (Fsp3) is 0.500. The molecule has 0 N–H and O–H groups in total. The van der Waals surface area contributed by atoms with Crippen molar-refractivity contribution >= 4 is 5.78 Å². The Morgan fingerprint density at radius 3 is 2.40 bits per heavy atom. The van der Waals surface area contributed by atoms with Crippen LogP contribution >= 0.6 is 0 Å². The van der Waals surface area contributed by atoms with Gasteiger partial charge in [0.2, 0.25) is 0 Å². The van der Waals surface area contributed by atoms with Crippen molar-refractivity contribution in [3.8, 4) is 0 Å². The third kappa shape index (κ3) is 4.77. The second-order valence-electron chi connectivity index (χ2n) is 7.04. The summed E-state index contributed by atoms with van der Waals surface area (Å²) in [7, 11) is 0. The second kappa shape index (κ2) is 8.41. The van der Waals surface area contributed by atoms with Crippen molar-refractivity contribution in [2.75, 3.05) is 39.3 Å². The molecule has 1 aromatic carbocycles. The van der Waals surface area contributed by atoms with Crippen LogP contribution in [0.4, 0.5) is 0 Å². The van der Waals surface area contributed by atoms with E-state index in [0.29, 0.717) is 12.5 Å². The van der Waals surface area contributed by atoms with Crippen molar-refractivity contribution in [1.82, 2.24) is 19.4 Å². The van der Waals surface area contributed by atoms with Gasteiger partial charge in [-0.1, -0.05) is 44.2 Å². The lowest BCUT2D eigenvalue weighted by molar-refractivity contribution is 0.0848. The van der Waals surface area contributed by atoms with Crippen molar-refractivity contribution < 1.29 is 4.79 Å². The van der Waals surface area contributed by atoms with Crippen LogP contribution in [-0.4, -0.2) is 64.4 Å². The maximum atomic E-state index is 12.3. The van der Waals surface area contributed by atoms with E-state index in [2.05, 4.69) is 39.4 Å². The van der Waals surface area contributed by atoms with E-state index in [9.17, 15) is 4.79 Å². The third-order valence-corrected chi connectivity index (χ3v) is 4.85. The topological polar surface area (TPSA) is 41.4 Å². The Labute approximate surface area is 150 Å². The summed E-state index contributed by atoms with van der Waals surface area (Å²) in [5, 5.41) is 0. The van der Waals surface area contributed by atoms with Gasteiger partial charge in [0.05, 0.1) is 6.54 Å². The molecule has 2 heterocycles. The van der Waals surface area contributed by atoms with E-state index < -0.39 is 0 Å². The number of ketones is 1. The number of carbonyl (C=O) groups excluding carboxylic acids is 1. The van der Waals surface area contributed by atoms with Crippen molar-refractivity contribution in [1.29, 1.82) is 0 Å². The average molecular weight is 340 g/mol. The summed E-state index contributed by atoms with van der Waals surface area (Å²) in [6, 6.07) is 9.59. The zero-order chi connectivity index (χ0) is 17.6. The molecule has 1 aliphatic heterocycles. The highest BCUT2D eigenvalue weighted by atomic mass is 16.1. The van der Waals surface area contributed by atoms with Crippen LogP contribution < -0.4 is 0 Å². The van der Waals surface area contributed by atoms with Gasteiger partial charge in [0.15, 0.2) is 5.78 Å². The number of benzene rings is 1. The van der Waals surface area contributed by atoms with E-state index >= 15 is 0 Å². The lowest BCUT2D eigenvalue weighted by Crippen LogP contribution is -2.48. The minimum atomic E-state index is 0.217. The predicted molar refractivity (Wildman–Crippen MR) is 100.0 cm³/mol. The number of imidazole rings is 1. The number of nitrogens with zero attached hydrogens (tertiary/aromatic N) is 4. The maximum Gasteiger partial charge on any atom is 0.176 e. The number of aromatic nitrogens is 2. The molecule has 5 heteroatoms. The van der Waals surface area contributed by atoms with E-state index in [1.165, 1.54) is 0 Å². The van der Waals surface area contributed by atoms with Crippen molar-refractivity contribution in [2.24, 2.45) is 0 Å². The van der Waals surface area contributed by atoms with Crippen LogP contribution in [0.5, 0.6) is 0 Å². The first-order valence-electron chi connectivity index (χ1n) is 9.17. The number of piperazine rings is 1. The first kappa shape index (κ1) is 17.8. The van der Waals surface area contributed by atoms with Gasteiger partial charge in [-0.05, 0) is 0 Å². The Kier molecular flexibility index (Phi) is 6.00. The van der Waals surface area contributed by atoms with Crippen LogP contribution in [0.15, 0.2) is 42.7 Å². The average Bonchev–Trinajstić information content (AvgIpc) is 3.11. The van der Waals surface area contributed by atoms with Gasteiger partial charge in [-0.3, -0.25) is 14.6 Å². The molecule has 0 spiro atoms. The molecule has 134 valence electrons. The normalized spacial score (nSPS) is 16.4. The Morgan fingerprint density at radius 2 is 1.72 bits per heavy atom.